The van der Waals surface area contributed by atoms with E-state index < -0.39 is 0 Å². The Balaban J connectivity index is 2.01. The van der Waals surface area contributed by atoms with Gasteiger partial charge in [-0.3, -0.25) is 4.79 Å². The highest BCUT2D eigenvalue weighted by atomic mass is 16.2. The maximum absolute atomic E-state index is 12.6. The fourth-order valence-electron chi connectivity index (χ4n) is 2.81. The molecule has 1 aromatic rings. The molecule has 1 atom stereocenters. The molecule has 2 rings (SSSR count). The van der Waals surface area contributed by atoms with E-state index in [2.05, 4.69) is 29.2 Å². The van der Waals surface area contributed by atoms with Gasteiger partial charge in [0.15, 0.2) is 0 Å². The molecule has 116 valence electrons. The number of carbonyl (C=O) groups excluding carboxylic acids is 1. The zero-order chi connectivity index (χ0) is 15.2. The summed E-state index contributed by atoms with van der Waals surface area (Å²) in [6.45, 7) is 5.94. The second-order valence-electron chi connectivity index (χ2n) is 5.93. The summed E-state index contributed by atoms with van der Waals surface area (Å²) in [5, 5.41) is 3.23. The summed E-state index contributed by atoms with van der Waals surface area (Å²) in [4.78, 5) is 21.1. The van der Waals surface area contributed by atoms with Gasteiger partial charge in [0.05, 0.1) is 5.56 Å². The van der Waals surface area contributed by atoms with Crippen molar-refractivity contribution in [2.24, 2.45) is 5.92 Å². The Morgan fingerprint density at radius 1 is 1.57 bits per heavy atom. The summed E-state index contributed by atoms with van der Waals surface area (Å²) < 4.78 is 0. The maximum Gasteiger partial charge on any atom is 0.257 e. The van der Waals surface area contributed by atoms with E-state index in [4.69, 9.17) is 0 Å². The van der Waals surface area contributed by atoms with Gasteiger partial charge in [-0.15, -0.1) is 0 Å². The van der Waals surface area contributed by atoms with Crippen molar-refractivity contribution in [1.29, 1.82) is 0 Å². The Morgan fingerprint density at radius 2 is 2.38 bits per heavy atom. The predicted octanol–water partition coefficient (Wildman–Crippen LogP) is 1.93. The molecule has 0 radical (unpaired) electrons. The Labute approximate surface area is 127 Å². The molecule has 1 unspecified atom stereocenters. The Kier molecular flexibility index (Phi) is 5.56. The molecule has 0 bridgehead atoms. The van der Waals surface area contributed by atoms with Crippen LogP contribution in [-0.2, 0) is 0 Å². The minimum absolute atomic E-state index is 0.0521. The van der Waals surface area contributed by atoms with Crippen molar-refractivity contribution in [2.45, 2.75) is 19.8 Å². The van der Waals surface area contributed by atoms with Gasteiger partial charge >= 0.3 is 0 Å². The topological polar surface area (TPSA) is 48.5 Å². The zero-order valence-corrected chi connectivity index (χ0v) is 13.3. The van der Waals surface area contributed by atoms with Crippen molar-refractivity contribution in [1.82, 2.24) is 14.8 Å². The smallest absolute Gasteiger partial charge is 0.257 e. The van der Waals surface area contributed by atoms with Crippen molar-refractivity contribution in [3.63, 3.8) is 0 Å². The first-order chi connectivity index (χ1) is 10.1. The van der Waals surface area contributed by atoms with Crippen LogP contribution in [0.25, 0.3) is 0 Å². The zero-order valence-electron chi connectivity index (χ0n) is 13.3. The molecule has 0 spiro atoms. The minimum atomic E-state index is 0.0521. The van der Waals surface area contributed by atoms with Gasteiger partial charge in [-0.05, 0) is 44.5 Å². The van der Waals surface area contributed by atoms with E-state index in [0.717, 1.165) is 32.6 Å². The van der Waals surface area contributed by atoms with Crippen LogP contribution in [0.3, 0.4) is 0 Å². The quantitative estimate of drug-likeness (QED) is 0.869. The fraction of sp³-hybridized carbons (Fsp3) is 0.625. The number of aromatic nitrogens is 1. The van der Waals surface area contributed by atoms with E-state index >= 15 is 0 Å². The molecule has 1 amide bonds. The molecular formula is C16H26N4O. The van der Waals surface area contributed by atoms with Crippen LogP contribution >= 0.6 is 0 Å². The Morgan fingerprint density at radius 3 is 3.05 bits per heavy atom. The lowest BCUT2D eigenvalue weighted by molar-refractivity contribution is 0.0774. The number of rotatable bonds is 6. The lowest BCUT2D eigenvalue weighted by Gasteiger charge is -2.22. The lowest BCUT2D eigenvalue weighted by Crippen LogP contribution is -2.33. The van der Waals surface area contributed by atoms with Crippen LogP contribution in [0.4, 0.5) is 5.82 Å². The SMILES string of the molecule is CCCNc1ncccc1C(=O)N(C)CC1CCN(C)C1. The van der Waals surface area contributed by atoms with E-state index in [1.807, 2.05) is 24.1 Å². The van der Waals surface area contributed by atoms with Gasteiger partial charge in [-0.1, -0.05) is 6.92 Å². The number of nitrogens with zero attached hydrogens (tertiary/aromatic N) is 3. The monoisotopic (exact) mass is 290 g/mol. The molecule has 1 saturated heterocycles. The van der Waals surface area contributed by atoms with Crippen molar-refractivity contribution in [3.05, 3.63) is 23.9 Å². The van der Waals surface area contributed by atoms with Crippen molar-refractivity contribution >= 4 is 11.7 Å². The number of pyridine rings is 1. The van der Waals surface area contributed by atoms with Crippen LogP contribution in [-0.4, -0.2) is 61.0 Å². The molecule has 0 aliphatic carbocycles. The Bertz CT molecular complexity index is 477. The number of hydrogen-bond donors (Lipinski definition) is 1. The molecule has 5 nitrogen and oxygen atoms in total. The first-order valence-corrected chi connectivity index (χ1v) is 7.74. The number of anilines is 1. The number of likely N-dealkylation sites (tertiary alicyclic amines) is 1. The number of carbonyl (C=O) groups is 1. The van der Waals surface area contributed by atoms with Gasteiger partial charge in [-0.25, -0.2) is 4.98 Å². The molecule has 21 heavy (non-hydrogen) atoms. The maximum atomic E-state index is 12.6. The highest BCUT2D eigenvalue weighted by Crippen LogP contribution is 2.18. The molecule has 1 aliphatic heterocycles. The van der Waals surface area contributed by atoms with E-state index in [0.29, 0.717) is 17.3 Å². The summed E-state index contributed by atoms with van der Waals surface area (Å²) in [7, 11) is 4.02. The van der Waals surface area contributed by atoms with Crippen molar-refractivity contribution in [2.75, 3.05) is 45.6 Å². The molecule has 2 heterocycles. The molecule has 1 aliphatic rings. The standard InChI is InChI=1S/C16H26N4O/c1-4-8-17-15-14(6-5-9-18-15)16(21)20(3)12-13-7-10-19(2)11-13/h5-6,9,13H,4,7-8,10-12H2,1-3H3,(H,17,18). The summed E-state index contributed by atoms with van der Waals surface area (Å²) in [6, 6.07) is 3.67. The van der Waals surface area contributed by atoms with Crippen LogP contribution in [0.2, 0.25) is 0 Å². The molecule has 1 aromatic heterocycles. The summed E-state index contributed by atoms with van der Waals surface area (Å²) in [5.41, 5.74) is 0.666. The molecule has 1 fully saturated rings. The van der Waals surface area contributed by atoms with Crippen molar-refractivity contribution in [3.8, 4) is 0 Å². The van der Waals surface area contributed by atoms with Gasteiger partial charge in [0.25, 0.3) is 5.91 Å². The first kappa shape index (κ1) is 15.8. The highest BCUT2D eigenvalue weighted by molar-refractivity contribution is 5.98. The van der Waals surface area contributed by atoms with Gasteiger partial charge in [0.2, 0.25) is 0 Å². The van der Waals surface area contributed by atoms with Crippen LogP contribution < -0.4 is 5.32 Å². The summed E-state index contributed by atoms with van der Waals surface area (Å²) in [6.07, 6.45) is 3.90. The number of amides is 1. The largest absolute Gasteiger partial charge is 0.369 e. The molecule has 1 N–H and O–H groups in total. The number of hydrogen-bond acceptors (Lipinski definition) is 4. The van der Waals surface area contributed by atoms with Crippen LogP contribution in [0.1, 0.15) is 30.1 Å². The van der Waals surface area contributed by atoms with Gasteiger partial charge < -0.3 is 15.1 Å². The van der Waals surface area contributed by atoms with Crippen LogP contribution in [0.15, 0.2) is 18.3 Å². The minimum Gasteiger partial charge on any atom is -0.369 e. The van der Waals surface area contributed by atoms with Crippen LogP contribution in [0, 0.1) is 5.92 Å². The molecule has 0 saturated carbocycles. The molecule has 5 heteroatoms. The van der Waals surface area contributed by atoms with Crippen LogP contribution in [0.5, 0.6) is 0 Å². The first-order valence-electron chi connectivity index (χ1n) is 7.74. The molecule has 0 aromatic carbocycles. The van der Waals surface area contributed by atoms with Gasteiger partial charge in [-0.2, -0.15) is 0 Å². The Hall–Kier alpha value is -1.62. The third-order valence-corrected chi connectivity index (χ3v) is 3.95. The van der Waals surface area contributed by atoms with Gasteiger partial charge in [0, 0.05) is 32.9 Å². The second-order valence-corrected chi connectivity index (χ2v) is 5.93. The third kappa shape index (κ3) is 4.17. The fourth-order valence-corrected chi connectivity index (χ4v) is 2.81. The average Bonchev–Trinajstić information content (AvgIpc) is 2.89. The van der Waals surface area contributed by atoms with E-state index in [1.165, 1.54) is 6.42 Å². The average molecular weight is 290 g/mol. The van der Waals surface area contributed by atoms with Gasteiger partial charge in [0.1, 0.15) is 5.82 Å². The van der Waals surface area contributed by atoms with E-state index in [1.54, 1.807) is 6.20 Å². The van der Waals surface area contributed by atoms with Crippen molar-refractivity contribution < 1.29 is 4.79 Å². The summed E-state index contributed by atoms with van der Waals surface area (Å²) in [5.74, 6) is 1.32. The van der Waals surface area contributed by atoms with E-state index in [9.17, 15) is 4.79 Å². The third-order valence-electron chi connectivity index (χ3n) is 3.95. The predicted molar refractivity (Wildman–Crippen MR) is 85.6 cm³/mol. The number of nitrogens with one attached hydrogen (secondary N) is 1. The lowest BCUT2D eigenvalue weighted by atomic mass is 10.1. The summed E-state index contributed by atoms with van der Waals surface area (Å²) >= 11 is 0. The molecular weight excluding hydrogens is 264 g/mol. The normalized spacial score (nSPS) is 18.7. The van der Waals surface area contributed by atoms with E-state index in [-0.39, 0.29) is 5.91 Å². The highest BCUT2D eigenvalue weighted by Gasteiger charge is 2.24. The second kappa shape index (κ2) is 7.41.